The van der Waals surface area contributed by atoms with Crippen LogP contribution in [0.3, 0.4) is 0 Å². The van der Waals surface area contributed by atoms with E-state index in [1.807, 2.05) is 0 Å². The van der Waals surface area contributed by atoms with Crippen LogP contribution in [0.1, 0.15) is 57.8 Å². The molecule has 5 N–H and O–H groups in total. The molecule has 0 heterocycles. The summed E-state index contributed by atoms with van der Waals surface area (Å²) in [4.78, 5) is 70.9. The number of nitrogens with zero attached hydrogens (tertiary/aromatic N) is 1. The molecule has 27 heteroatoms. The number of carbonyl (C=O) groups excluding carboxylic acids is 4. The number of rotatable bonds is 50. The fraction of sp³-hybridized carbons (Fsp3) is 0.733. The SMILES string of the molecule is O=[C-]NC(CCC(=O)NCCOCCOCCOCCN(CCOCCOCCOCCC(=O)O)CCOCCOCCOCCC(=O)O)C(=O)NCCCCCCC(=O)Oc1c(F)c(F)cc(F)c1F.[Fm]. The summed E-state index contributed by atoms with van der Waals surface area (Å²) in [6.45, 7) is 8.02. The molecule has 1 atom stereocenters. The second kappa shape index (κ2) is 45.2. The Hall–Kier alpha value is -5.64. The average molecular weight is 1290 g/mol. The van der Waals surface area contributed by atoms with Gasteiger partial charge in [-0.25, -0.2) is 8.78 Å². The second-order valence-electron chi connectivity index (χ2n) is 15.1. The van der Waals surface area contributed by atoms with Gasteiger partial charge in [0.1, 0.15) is 0 Å². The van der Waals surface area contributed by atoms with Crippen LogP contribution in [0.2, 0.25) is 0 Å². The number of unbranched alkanes of at least 4 members (excludes halogenated alkanes) is 3. The molecule has 1 rings (SSSR count). The number of benzene rings is 1. The smallest absolute Gasteiger partial charge is 0.311 e. The van der Waals surface area contributed by atoms with Crippen LogP contribution in [-0.4, -0.2) is 209 Å². The Balaban J connectivity index is 0.0000504. The standard InChI is InChI=1S/C45H71F4N4O18.Fm/c46-35-33-36(47)43(49)44(42(35)48)71-41(60)5-3-1-2-4-10-51-45(61)37(52-34-54)6-7-38(55)50-11-17-64-23-29-70-32-26-67-20-14-53(12-18-65-24-30-68-27-21-62-15-8-39(56)57)13-19-66-25-31-69-28-22-63-16-9-40(58)59;/h33,37H,1-32H2,(H,50,55)(H,51,61)(H,52,54)(H,56,57)(H,58,59);/q-1;. The summed E-state index contributed by atoms with van der Waals surface area (Å²) < 4.78 is 108. The summed E-state index contributed by atoms with van der Waals surface area (Å²) in [6.07, 6.45) is 2.70. The van der Waals surface area contributed by atoms with Gasteiger partial charge in [-0.15, -0.1) is 0 Å². The van der Waals surface area contributed by atoms with Gasteiger partial charge in [0, 0.05) is 51.6 Å². The van der Waals surface area contributed by atoms with Crippen molar-refractivity contribution in [1.82, 2.24) is 20.9 Å². The minimum atomic E-state index is -1.81. The molecule has 0 aliphatic rings. The van der Waals surface area contributed by atoms with Gasteiger partial charge in [-0.05, 0) is 19.3 Å². The summed E-state index contributed by atoms with van der Waals surface area (Å²) in [5.41, 5.74) is 0. The number of carboxylic acid groups (broad SMARTS) is 2. The van der Waals surface area contributed by atoms with Gasteiger partial charge in [0.15, 0.2) is 11.6 Å². The van der Waals surface area contributed by atoms with Gasteiger partial charge in [-0.2, -0.15) is 15.2 Å². The first kappa shape index (κ1) is 66.4. The van der Waals surface area contributed by atoms with Crippen LogP contribution in [0, 0.1) is 23.3 Å². The van der Waals surface area contributed by atoms with Crippen LogP contribution in [0.15, 0.2) is 6.07 Å². The van der Waals surface area contributed by atoms with E-state index in [0.29, 0.717) is 131 Å². The second-order valence-corrected chi connectivity index (χ2v) is 15.1. The van der Waals surface area contributed by atoms with E-state index in [4.69, 9.17) is 52.8 Å². The van der Waals surface area contributed by atoms with Crippen molar-refractivity contribution in [3.8, 4) is 5.75 Å². The molecule has 0 radical (unpaired) electrons. The molecule has 72 heavy (non-hydrogen) atoms. The quantitative estimate of drug-likeness (QED) is 0.0118. The third kappa shape index (κ3) is 37.2. The minimum Gasteiger partial charge on any atom is -0.520 e. The zero-order valence-corrected chi connectivity index (χ0v) is 42.9. The molecule has 0 saturated heterocycles. The van der Waals surface area contributed by atoms with E-state index in [0.717, 1.165) is 0 Å². The molecular formula is C45H71F4FmN4O18-. The number of aliphatic carboxylic acids is 2. The summed E-state index contributed by atoms with van der Waals surface area (Å²) in [7, 11) is 0. The molecule has 0 aromatic heterocycles. The Morgan fingerprint density at radius 1 is 0.528 bits per heavy atom. The average Bonchev–Trinajstić information content (AvgIpc) is 3.33. The van der Waals surface area contributed by atoms with E-state index in [-0.39, 0.29) is 90.0 Å². The maximum absolute atomic E-state index is 13.7. The van der Waals surface area contributed by atoms with Crippen LogP contribution < -0.4 is 20.7 Å². The van der Waals surface area contributed by atoms with Gasteiger partial charge in [0.25, 0.3) is 0 Å². The van der Waals surface area contributed by atoms with Crippen LogP contribution >= 0.6 is 0 Å². The molecule has 3 amide bonds. The Kier molecular flexibility index (Phi) is 41.7. The number of carboxylic acids is 2. The Morgan fingerprint density at radius 2 is 0.944 bits per heavy atom. The Labute approximate surface area is 410 Å². The van der Waals surface area contributed by atoms with E-state index < -0.39 is 58.9 Å². The number of hydrogen-bond acceptors (Lipinski definition) is 17. The topological polar surface area (TPSA) is 275 Å². The fourth-order valence-corrected chi connectivity index (χ4v) is 5.72. The van der Waals surface area contributed by atoms with Crippen molar-refractivity contribution >= 4 is 36.1 Å². The maximum atomic E-state index is 13.7. The van der Waals surface area contributed by atoms with Gasteiger partial charge in [0.2, 0.25) is 29.2 Å². The predicted octanol–water partition coefficient (Wildman–Crippen LogP) is 1.54. The maximum Gasteiger partial charge on any atom is 0.311 e. The fourth-order valence-electron chi connectivity index (χ4n) is 5.72. The van der Waals surface area contributed by atoms with Gasteiger partial charge in [-0.1, -0.05) is 12.8 Å². The number of halogens is 4. The zero-order chi connectivity index (χ0) is 52.2. The molecule has 1 unspecified atom stereocenters. The molecule has 0 saturated carbocycles. The summed E-state index contributed by atoms with van der Waals surface area (Å²) in [6, 6.07) is -1.01. The molecule has 0 aliphatic carbocycles. The third-order valence-corrected chi connectivity index (χ3v) is 9.48. The molecular weight excluding hydrogens is 1220 g/mol. The van der Waals surface area contributed by atoms with E-state index in [1.54, 1.807) is 0 Å². The molecule has 1 aromatic carbocycles. The molecule has 0 aliphatic heterocycles. The minimum absolute atomic E-state index is 0. The van der Waals surface area contributed by atoms with Crippen molar-refractivity contribution in [2.24, 2.45) is 0 Å². The molecule has 0 spiro atoms. The van der Waals surface area contributed by atoms with Gasteiger partial charge in [0.05, 0.1) is 138 Å². The van der Waals surface area contributed by atoms with Crippen molar-refractivity contribution < 1.29 is 104 Å². The molecule has 22 nitrogen and oxygen atoms in total. The molecule has 1 aromatic rings. The first-order chi connectivity index (χ1) is 34.3. The van der Waals surface area contributed by atoms with Crippen LogP contribution in [0.4, 0.5) is 17.6 Å². The number of esters is 1. The van der Waals surface area contributed by atoms with Crippen molar-refractivity contribution in [1.29, 1.82) is 0 Å². The Morgan fingerprint density at radius 3 is 1.39 bits per heavy atom. The molecule has 0 fully saturated rings. The summed E-state index contributed by atoms with van der Waals surface area (Å²) in [5, 5.41) is 24.8. The number of amides is 3. The molecule has 420 valence electrons. The monoisotopic (exact) mass is 1290 g/mol. The van der Waals surface area contributed by atoms with Crippen molar-refractivity contribution in [3.63, 3.8) is 0 Å². The van der Waals surface area contributed by atoms with E-state index in [2.05, 4.69) is 25.6 Å². The number of nitrogens with one attached hydrogen (secondary N) is 3. The first-order valence-corrected chi connectivity index (χ1v) is 23.4. The predicted molar refractivity (Wildman–Crippen MR) is 241 cm³/mol. The summed E-state index contributed by atoms with van der Waals surface area (Å²) >= 11 is 0. The van der Waals surface area contributed by atoms with Gasteiger partial charge < -0.3 is 78.3 Å². The number of carbonyl (C=O) groups is 5. The zero-order valence-electron chi connectivity index (χ0n) is 40.5. The third-order valence-electron chi connectivity index (χ3n) is 9.48. The van der Waals surface area contributed by atoms with Gasteiger partial charge in [-0.3, -0.25) is 28.9 Å². The first-order valence-electron chi connectivity index (χ1n) is 23.4. The van der Waals surface area contributed by atoms with Crippen molar-refractivity contribution in [2.45, 2.75) is 63.8 Å². The van der Waals surface area contributed by atoms with Gasteiger partial charge >= 0.3 is 17.9 Å². The van der Waals surface area contributed by atoms with E-state index in [9.17, 15) is 46.3 Å². The number of ether oxygens (including phenoxy) is 10. The Bertz CT molecular complexity index is 1570. The summed E-state index contributed by atoms with van der Waals surface area (Å²) in [5.74, 6) is -12.3. The largest absolute Gasteiger partial charge is 0.520 e. The molecule has 0 bridgehead atoms. The van der Waals surface area contributed by atoms with Crippen LogP contribution in [-0.2, 0) is 71.4 Å². The van der Waals surface area contributed by atoms with Crippen LogP contribution in [0.5, 0.6) is 5.75 Å². The van der Waals surface area contributed by atoms with Crippen molar-refractivity contribution in [3.05, 3.63) is 29.3 Å². The van der Waals surface area contributed by atoms with E-state index in [1.165, 1.54) is 6.41 Å². The van der Waals surface area contributed by atoms with Crippen molar-refractivity contribution in [2.75, 3.05) is 152 Å². The van der Waals surface area contributed by atoms with Crippen LogP contribution in [0.25, 0.3) is 0 Å². The number of hydrogen-bond donors (Lipinski definition) is 5. The normalized spacial score (nSPS) is 11.5. The van der Waals surface area contributed by atoms with E-state index >= 15 is 0 Å².